The summed E-state index contributed by atoms with van der Waals surface area (Å²) in [5.41, 5.74) is 2.45. The molecule has 2 fully saturated rings. The summed E-state index contributed by atoms with van der Waals surface area (Å²) in [6.45, 7) is 4.39. The van der Waals surface area contributed by atoms with Crippen molar-refractivity contribution in [1.29, 1.82) is 0 Å². The Morgan fingerprint density at radius 3 is 2.58 bits per heavy atom. The van der Waals surface area contributed by atoms with Crippen LogP contribution in [-0.4, -0.2) is 75.7 Å². The van der Waals surface area contributed by atoms with E-state index in [0.29, 0.717) is 26.3 Å². The van der Waals surface area contributed by atoms with Crippen molar-refractivity contribution in [3.05, 3.63) is 18.0 Å². The lowest BCUT2D eigenvalue weighted by molar-refractivity contribution is -0.140. The lowest BCUT2D eigenvalue weighted by Gasteiger charge is -2.30. The van der Waals surface area contributed by atoms with Gasteiger partial charge in [-0.2, -0.15) is 18.2 Å². The van der Waals surface area contributed by atoms with E-state index < -0.39 is 47.7 Å². The average molecular weight is 469 g/mol. The van der Waals surface area contributed by atoms with Crippen molar-refractivity contribution in [2.75, 3.05) is 48.4 Å². The number of ether oxygens (including phenoxy) is 2. The second kappa shape index (κ2) is 8.26. The molecule has 178 valence electrons. The Morgan fingerprint density at radius 2 is 1.94 bits per heavy atom. The van der Waals surface area contributed by atoms with Crippen LogP contribution in [0.4, 0.5) is 35.7 Å². The molecule has 0 saturated carbocycles. The highest BCUT2D eigenvalue weighted by Gasteiger charge is 2.49. The predicted molar refractivity (Wildman–Crippen MR) is 109 cm³/mol. The molecule has 4 rings (SSSR count). The minimum absolute atomic E-state index is 0.164. The fourth-order valence-corrected chi connectivity index (χ4v) is 3.72. The summed E-state index contributed by atoms with van der Waals surface area (Å²) in [7, 11) is 0. The van der Waals surface area contributed by atoms with E-state index in [0.717, 1.165) is 11.1 Å². The maximum absolute atomic E-state index is 13.7. The van der Waals surface area contributed by atoms with E-state index in [-0.39, 0.29) is 17.5 Å². The van der Waals surface area contributed by atoms with Crippen LogP contribution < -0.4 is 15.5 Å². The lowest BCUT2D eigenvalue weighted by Crippen LogP contribution is -2.45. The molecule has 2 aromatic rings. The third-order valence-corrected chi connectivity index (χ3v) is 5.44. The number of alkyl halides is 3. The molecule has 11 nitrogen and oxygen atoms in total. The first-order valence-electron chi connectivity index (χ1n) is 10.1. The van der Waals surface area contributed by atoms with E-state index in [4.69, 9.17) is 15.2 Å². The molecule has 2 aliphatic heterocycles. The number of halogens is 3. The van der Waals surface area contributed by atoms with Gasteiger partial charge in [0.25, 0.3) is 0 Å². The van der Waals surface area contributed by atoms with Gasteiger partial charge in [0.2, 0.25) is 11.9 Å². The van der Waals surface area contributed by atoms with Gasteiger partial charge in [-0.3, -0.25) is 0 Å². The summed E-state index contributed by atoms with van der Waals surface area (Å²) >= 11 is 0. The van der Waals surface area contributed by atoms with Gasteiger partial charge in [-0.15, -0.1) is 0 Å². The summed E-state index contributed by atoms with van der Waals surface area (Å²) < 4.78 is 51.8. The van der Waals surface area contributed by atoms with E-state index in [1.807, 2.05) is 0 Å². The molecule has 0 radical (unpaired) electrons. The molecule has 2 aromatic heterocycles. The number of anilines is 3. The number of carbonyl (C=O) groups excluding carboxylic acids is 1. The Morgan fingerprint density at radius 1 is 1.24 bits per heavy atom. The second-order valence-electron chi connectivity index (χ2n) is 8.04. The molecule has 1 amide bonds. The van der Waals surface area contributed by atoms with Gasteiger partial charge in [-0.05, 0) is 13.8 Å². The van der Waals surface area contributed by atoms with Crippen LogP contribution in [0.2, 0.25) is 0 Å². The van der Waals surface area contributed by atoms with E-state index in [1.54, 1.807) is 18.7 Å². The first kappa shape index (κ1) is 22.9. The number of nitrogens with zero attached hydrogens (tertiary/aromatic N) is 6. The topological polar surface area (TPSA) is 140 Å². The first-order chi connectivity index (χ1) is 15.5. The molecule has 0 aromatic carbocycles. The number of hydrogen-bond acceptors (Lipinski definition) is 10. The number of rotatable bonds is 4. The number of aliphatic hydroxyl groups is 1. The predicted octanol–water partition coefficient (Wildman–Crippen LogP) is 1.47. The van der Waals surface area contributed by atoms with Gasteiger partial charge in [0.1, 0.15) is 17.5 Å². The molecule has 14 heteroatoms. The quantitative estimate of drug-likeness (QED) is 0.676. The van der Waals surface area contributed by atoms with Gasteiger partial charge in [0.05, 0.1) is 25.5 Å². The highest BCUT2D eigenvalue weighted by molar-refractivity contribution is 5.90. The van der Waals surface area contributed by atoms with Crippen LogP contribution in [0.15, 0.2) is 12.3 Å². The average Bonchev–Trinajstić information content (AvgIpc) is 3.00. The standard InChI is InChI=1S/C19H22F3N7O4/c1-18(2)12(9-30)29(17(31)33-18)16-25-11(7-13(26-16)28-3-5-32-6-4-28)10-8-24-15(23)27-14(10)19(20,21)22/h7-8,12,30H,3-6,9H2,1-2H3,(H2,23,24,27)/t12-/m0/s1. The zero-order chi connectivity index (χ0) is 24.0. The van der Waals surface area contributed by atoms with Gasteiger partial charge in [-0.1, -0.05) is 0 Å². The van der Waals surface area contributed by atoms with E-state index in [1.165, 1.54) is 6.07 Å². The molecule has 2 saturated heterocycles. The third kappa shape index (κ3) is 4.35. The maximum Gasteiger partial charge on any atom is 0.434 e. The van der Waals surface area contributed by atoms with Crippen LogP contribution in [0.5, 0.6) is 0 Å². The lowest BCUT2D eigenvalue weighted by atomic mass is 10.00. The summed E-state index contributed by atoms with van der Waals surface area (Å²) in [6.07, 6.45) is -4.73. The number of nitrogens with two attached hydrogens (primary N) is 1. The zero-order valence-electron chi connectivity index (χ0n) is 17.8. The molecular formula is C19H22F3N7O4. The molecule has 4 heterocycles. The van der Waals surface area contributed by atoms with Gasteiger partial charge in [-0.25, -0.2) is 24.6 Å². The smallest absolute Gasteiger partial charge is 0.434 e. The maximum atomic E-state index is 13.7. The van der Waals surface area contributed by atoms with Crippen molar-refractivity contribution < 1.29 is 32.5 Å². The van der Waals surface area contributed by atoms with Gasteiger partial charge < -0.3 is 25.2 Å². The minimum atomic E-state index is -4.83. The molecule has 0 aliphatic carbocycles. The highest BCUT2D eigenvalue weighted by Crippen LogP contribution is 2.38. The van der Waals surface area contributed by atoms with Crippen LogP contribution in [-0.2, 0) is 15.7 Å². The Balaban J connectivity index is 1.90. The first-order valence-corrected chi connectivity index (χ1v) is 10.1. The second-order valence-corrected chi connectivity index (χ2v) is 8.04. The van der Waals surface area contributed by atoms with Crippen molar-refractivity contribution in [1.82, 2.24) is 19.9 Å². The Bertz CT molecular complexity index is 1060. The minimum Gasteiger partial charge on any atom is -0.441 e. The number of cyclic esters (lactones) is 1. The zero-order valence-corrected chi connectivity index (χ0v) is 17.8. The van der Waals surface area contributed by atoms with Crippen LogP contribution >= 0.6 is 0 Å². The molecule has 0 bridgehead atoms. The summed E-state index contributed by atoms with van der Waals surface area (Å²) in [5.74, 6) is -0.481. The summed E-state index contributed by atoms with van der Waals surface area (Å²) in [4.78, 5) is 31.2. The van der Waals surface area contributed by atoms with E-state index in [9.17, 15) is 23.1 Å². The Hall–Kier alpha value is -3.26. The molecule has 3 N–H and O–H groups in total. The third-order valence-electron chi connectivity index (χ3n) is 5.44. The van der Waals surface area contributed by atoms with E-state index in [2.05, 4.69) is 19.9 Å². The normalized spacial score (nSPS) is 20.8. The number of amides is 1. The van der Waals surface area contributed by atoms with Gasteiger partial charge >= 0.3 is 12.3 Å². The van der Waals surface area contributed by atoms with Crippen molar-refractivity contribution in [2.45, 2.75) is 31.7 Å². The SMILES string of the molecule is CC1(C)OC(=O)N(c2nc(-c3cnc(N)nc3C(F)(F)F)cc(N3CCOCC3)n2)[C@H]1CO. The highest BCUT2D eigenvalue weighted by atomic mass is 19.4. The van der Waals surface area contributed by atoms with Gasteiger partial charge in [0, 0.05) is 30.9 Å². The monoisotopic (exact) mass is 469 g/mol. The number of morpholine rings is 1. The molecule has 1 atom stereocenters. The summed E-state index contributed by atoms with van der Waals surface area (Å²) in [6, 6.07) is 0.502. The van der Waals surface area contributed by atoms with Crippen molar-refractivity contribution in [3.8, 4) is 11.3 Å². The van der Waals surface area contributed by atoms with Crippen molar-refractivity contribution in [2.24, 2.45) is 0 Å². The Labute approximate surface area is 186 Å². The molecule has 2 aliphatic rings. The van der Waals surface area contributed by atoms with Gasteiger partial charge in [0.15, 0.2) is 5.69 Å². The number of hydrogen-bond donors (Lipinski definition) is 2. The van der Waals surface area contributed by atoms with E-state index >= 15 is 0 Å². The van der Waals surface area contributed by atoms with Crippen LogP contribution in [0.25, 0.3) is 11.3 Å². The van der Waals surface area contributed by atoms with Crippen molar-refractivity contribution in [3.63, 3.8) is 0 Å². The largest absolute Gasteiger partial charge is 0.441 e. The molecule has 0 spiro atoms. The summed E-state index contributed by atoms with van der Waals surface area (Å²) in [5, 5.41) is 9.90. The van der Waals surface area contributed by atoms with Crippen LogP contribution in [0.1, 0.15) is 19.5 Å². The fourth-order valence-electron chi connectivity index (χ4n) is 3.72. The number of aliphatic hydroxyl groups excluding tert-OH is 1. The number of carbonyl (C=O) groups is 1. The number of aromatic nitrogens is 4. The molecule has 33 heavy (non-hydrogen) atoms. The van der Waals surface area contributed by atoms with Crippen LogP contribution in [0, 0.1) is 0 Å². The fraction of sp³-hybridized carbons (Fsp3) is 0.526. The Kier molecular flexibility index (Phi) is 5.74. The number of nitrogen functional groups attached to an aromatic ring is 1. The van der Waals surface area contributed by atoms with Crippen LogP contribution in [0.3, 0.4) is 0 Å². The molecular weight excluding hydrogens is 447 g/mol. The molecule has 0 unspecified atom stereocenters. The van der Waals surface area contributed by atoms with Crippen molar-refractivity contribution >= 4 is 23.8 Å².